The number of carbonyl (C=O) groups excluding carboxylic acids is 1. The molecule has 0 aliphatic carbocycles. The van der Waals surface area contributed by atoms with Crippen LogP contribution in [0.5, 0.6) is 0 Å². The molecule has 1 aliphatic heterocycles. The van der Waals surface area contributed by atoms with Crippen molar-refractivity contribution in [3.05, 3.63) is 59.8 Å². The zero-order chi connectivity index (χ0) is 15.7. The van der Waals surface area contributed by atoms with Crippen LogP contribution in [0.15, 0.2) is 59.1 Å². The lowest BCUT2D eigenvalue weighted by Crippen LogP contribution is -2.26. The van der Waals surface area contributed by atoms with Crippen LogP contribution in [0.25, 0.3) is 5.76 Å². The van der Waals surface area contributed by atoms with Crippen LogP contribution < -0.4 is 5.32 Å². The first kappa shape index (κ1) is 14.3. The number of fused-ring (bicyclic) bond motifs is 1. The third kappa shape index (κ3) is 2.46. The van der Waals surface area contributed by atoms with Gasteiger partial charge in [0, 0.05) is 11.8 Å². The number of rotatable bonds is 2. The number of nitrogens with one attached hydrogen (secondary N) is 1. The fourth-order valence-corrected chi connectivity index (χ4v) is 3.82. The van der Waals surface area contributed by atoms with E-state index in [-0.39, 0.29) is 27.6 Å². The zero-order valence-corrected chi connectivity index (χ0v) is 12.2. The fraction of sp³-hybridized carbons (Fsp3) is 0.0667. The SMILES string of the molecule is O=C(Nc1ccccn1)C1=C(O)c2ccccc2S(=O)(=O)C1. The molecule has 1 amide bonds. The number of nitrogens with zero attached hydrogens (tertiary/aromatic N) is 1. The summed E-state index contributed by atoms with van der Waals surface area (Å²) in [7, 11) is -3.66. The van der Waals surface area contributed by atoms with Gasteiger partial charge >= 0.3 is 0 Å². The summed E-state index contributed by atoms with van der Waals surface area (Å²) in [4.78, 5) is 16.2. The lowest BCUT2D eigenvalue weighted by molar-refractivity contribution is -0.112. The maximum absolute atomic E-state index is 12.2. The highest BCUT2D eigenvalue weighted by Gasteiger charge is 2.33. The van der Waals surface area contributed by atoms with E-state index in [4.69, 9.17) is 0 Å². The Morgan fingerprint density at radius 3 is 2.59 bits per heavy atom. The molecule has 6 nitrogen and oxygen atoms in total. The van der Waals surface area contributed by atoms with Gasteiger partial charge in [0.15, 0.2) is 9.84 Å². The third-order valence-electron chi connectivity index (χ3n) is 3.28. The summed E-state index contributed by atoms with van der Waals surface area (Å²) in [6.45, 7) is 0. The molecule has 2 N–H and O–H groups in total. The summed E-state index contributed by atoms with van der Waals surface area (Å²) in [5, 5.41) is 12.7. The van der Waals surface area contributed by atoms with Gasteiger partial charge in [-0.1, -0.05) is 18.2 Å². The van der Waals surface area contributed by atoms with Gasteiger partial charge in [0.2, 0.25) is 0 Å². The van der Waals surface area contributed by atoms with Gasteiger partial charge in [-0.3, -0.25) is 4.79 Å². The molecule has 0 saturated carbocycles. The Morgan fingerprint density at radius 2 is 1.86 bits per heavy atom. The van der Waals surface area contributed by atoms with Crippen LogP contribution >= 0.6 is 0 Å². The number of amides is 1. The van der Waals surface area contributed by atoms with Crippen molar-refractivity contribution in [2.24, 2.45) is 0 Å². The number of pyridine rings is 1. The molecule has 2 heterocycles. The lowest BCUT2D eigenvalue weighted by atomic mass is 10.1. The first-order valence-electron chi connectivity index (χ1n) is 6.46. The van der Waals surface area contributed by atoms with E-state index < -0.39 is 21.5 Å². The molecule has 1 aromatic carbocycles. The van der Waals surface area contributed by atoms with Gasteiger partial charge < -0.3 is 10.4 Å². The molecular formula is C15H12N2O4S. The highest BCUT2D eigenvalue weighted by Crippen LogP contribution is 2.32. The van der Waals surface area contributed by atoms with Gasteiger partial charge in [-0.15, -0.1) is 0 Å². The van der Waals surface area contributed by atoms with Crippen LogP contribution in [0.2, 0.25) is 0 Å². The van der Waals surface area contributed by atoms with Crippen molar-refractivity contribution in [3.63, 3.8) is 0 Å². The average Bonchev–Trinajstić information content (AvgIpc) is 2.52. The second kappa shape index (κ2) is 5.27. The molecule has 3 rings (SSSR count). The Labute approximate surface area is 127 Å². The maximum atomic E-state index is 12.2. The van der Waals surface area contributed by atoms with E-state index in [9.17, 15) is 18.3 Å². The van der Waals surface area contributed by atoms with E-state index >= 15 is 0 Å². The number of aliphatic hydroxyl groups excluding tert-OH is 1. The number of aromatic nitrogens is 1. The van der Waals surface area contributed by atoms with E-state index in [1.54, 1.807) is 30.3 Å². The van der Waals surface area contributed by atoms with Gasteiger partial charge in [0.25, 0.3) is 5.91 Å². The summed E-state index contributed by atoms with van der Waals surface area (Å²) in [6.07, 6.45) is 1.50. The Hall–Kier alpha value is -2.67. The molecule has 0 bridgehead atoms. The second-order valence-electron chi connectivity index (χ2n) is 4.75. The summed E-state index contributed by atoms with van der Waals surface area (Å²) < 4.78 is 24.5. The van der Waals surface area contributed by atoms with Gasteiger partial charge in [-0.2, -0.15) is 0 Å². The van der Waals surface area contributed by atoms with Crippen molar-refractivity contribution < 1.29 is 18.3 Å². The lowest BCUT2D eigenvalue weighted by Gasteiger charge is -2.19. The number of anilines is 1. The number of hydrogen-bond acceptors (Lipinski definition) is 5. The zero-order valence-electron chi connectivity index (χ0n) is 11.4. The molecule has 0 radical (unpaired) electrons. The highest BCUT2D eigenvalue weighted by atomic mass is 32.2. The molecule has 0 unspecified atom stereocenters. The minimum atomic E-state index is -3.66. The molecule has 7 heteroatoms. The molecule has 1 aliphatic rings. The molecule has 0 saturated heterocycles. The van der Waals surface area contributed by atoms with Crippen LogP contribution in [0, 0.1) is 0 Å². The van der Waals surface area contributed by atoms with Crippen molar-refractivity contribution in [1.29, 1.82) is 0 Å². The molecule has 22 heavy (non-hydrogen) atoms. The van der Waals surface area contributed by atoms with E-state index in [0.29, 0.717) is 0 Å². The molecule has 112 valence electrons. The van der Waals surface area contributed by atoms with Crippen molar-refractivity contribution >= 4 is 27.3 Å². The quantitative estimate of drug-likeness (QED) is 0.880. The van der Waals surface area contributed by atoms with Crippen LogP contribution in [-0.2, 0) is 14.6 Å². The van der Waals surface area contributed by atoms with E-state index in [1.807, 2.05) is 0 Å². The van der Waals surface area contributed by atoms with E-state index in [1.165, 1.54) is 18.3 Å². The van der Waals surface area contributed by atoms with E-state index in [0.717, 1.165) is 0 Å². The number of carbonyl (C=O) groups is 1. The Morgan fingerprint density at radius 1 is 1.14 bits per heavy atom. The maximum Gasteiger partial charge on any atom is 0.257 e. The fourth-order valence-electron chi connectivity index (χ4n) is 2.23. The molecule has 0 atom stereocenters. The van der Waals surface area contributed by atoms with Crippen LogP contribution in [-0.4, -0.2) is 30.2 Å². The number of aliphatic hydroxyl groups is 1. The predicted molar refractivity (Wildman–Crippen MR) is 80.9 cm³/mol. The largest absolute Gasteiger partial charge is 0.507 e. The summed E-state index contributed by atoms with van der Waals surface area (Å²) in [5.74, 6) is -1.27. The van der Waals surface area contributed by atoms with Crippen LogP contribution in [0.1, 0.15) is 5.56 Å². The summed E-state index contributed by atoms with van der Waals surface area (Å²) in [5.41, 5.74) is -0.0516. The highest BCUT2D eigenvalue weighted by molar-refractivity contribution is 7.91. The molecular weight excluding hydrogens is 304 g/mol. The standard InChI is InChI=1S/C15H12N2O4S/c18-14-10-5-1-2-6-12(10)22(20,21)9-11(14)15(19)17-13-7-3-4-8-16-13/h1-8,18H,9H2,(H,16,17,19). The summed E-state index contributed by atoms with van der Waals surface area (Å²) >= 11 is 0. The predicted octanol–water partition coefficient (Wildman–Crippen LogP) is 1.78. The van der Waals surface area contributed by atoms with E-state index in [2.05, 4.69) is 10.3 Å². The topological polar surface area (TPSA) is 96.4 Å². The molecule has 1 aromatic heterocycles. The van der Waals surface area contributed by atoms with Gasteiger partial charge in [0.05, 0.1) is 16.2 Å². The number of hydrogen-bond donors (Lipinski definition) is 2. The Balaban J connectivity index is 2.02. The van der Waals surface area contributed by atoms with Crippen molar-refractivity contribution in [2.45, 2.75) is 4.90 Å². The number of sulfone groups is 1. The molecule has 0 spiro atoms. The Kier molecular flexibility index (Phi) is 3.42. The van der Waals surface area contributed by atoms with Crippen LogP contribution in [0.3, 0.4) is 0 Å². The smallest absolute Gasteiger partial charge is 0.257 e. The normalized spacial score (nSPS) is 16.0. The van der Waals surface area contributed by atoms with Gasteiger partial charge in [-0.05, 0) is 24.3 Å². The summed E-state index contributed by atoms with van der Waals surface area (Å²) in [6, 6.07) is 11.0. The molecule has 0 fully saturated rings. The first-order valence-corrected chi connectivity index (χ1v) is 8.11. The van der Waals surface area contributed by atoms with Crippen molar-refractivity contribution in [3.8, 4) is 0 Å². The van der Waals surface area contributed by atoms with Gasteiger partial charge in [-0.25, -0.2) is 13.4 Å². The third-order valence-corrected chi connectivity index (χ3v) is 4.97. The second-order valence-corrected chi connectivity index (χ2v) is 6.71. The monoisotopic (exact) mass is 316 g/mol. The van der Waals surface area contributed by atoms with Crippen molar-refractivity contribution in [2.75, 3.05) is 11.1 Å². The minimum Gasteiger partial charge on any atom is -0.507 e. The Bertz CT molecular complexity index is 873. The molecule has 2 aromatic rings. The minimum absolute atomic E-state index is 0.0295. The average molecular weight is 316 g/mol. The first-order chi connectivity index (χ1) is 10.5. The van der Waals surface area contributed by atoms with Gasteiger partial charge in [0.1, 0.15) is 11.6 Å². The van der Waals surface area contributed by atoms with Crippen molar-refractivity contribution in [1.82, 2.24) is 4.98 Å². The number of benzene rings is 1. The van der Waals surface area contributed by atoms with Crippen LogP contribution in [0.4, 0.5) is 5.82 Å².